The third kappa shape index (κ3) is 5.92. The molecule has 0 aromatic rings. The molecule has 0 atom stereocenters. The number of nitrogens with one attached hydrogen (secondary N) is 1. The molecule has 0 aromatic heterocycles. The van der Waals surface area contributed by atoms with Gasteiger partial charge < -0.3 is 0 Å². The van der Waals surface area contributed by atoms with Crippen molar-refractivity contribution in [3.8, 4) is 0 Å². The fraction of sp³-hybridized carbons (Fsp3) is 1.00. The second-order valence-electron chi connectivity index (χ2n) is 1.46. The minimum absolute atomic E-state index is 0.951. The summed E-state index contributed by atoms with van der Waals surface area (Å²) in [5.74, 6) is 0. The lowest BCUT2D eigenvalue weighted by molar-refractivity contribution is 0.557. The van der Waals surface area contributed by atoms with E-state index in [2.05, 4.69) is 17.8 Å². The van der Waals surface area contributed by atoms with Crippen LogP contribution in [0.2, 0.25) is 0 Å². The lowest BCUT2D eigenvalue weighted by atomic mass is 10.3. The molecule has 1 N–H and O–H groups in total. The van der Waals surface area contributed by atoms with E-state index in [-0.39, 0.29) is 0 Å². The molecule has 1 radical (unpaired) electrons. The maximum Gasteiger partial charge on any atom is 0.0304 e. The lowest BCUT2D eigenvalue weighted by Gasteiger charge is -1.93. The molecule has 0 heterocycles. The number of rotatable bonds is 4. The summed E-state index contributed by atoms with van der Waals surface area (Å²) in [5.41, 5.74) is 6.64. The number of hydrogen-bond acceptors (Lipinski definition) is 1. The van der Waals surface area contributed by atoms with Crippen LogP contribution in [0.3, 0.4) is 0 Å². The summed E-state index contributed by atoms with van der Waals surface area (Å²) in [5, 5.41) is 0. The van der Waals surface area contributed by atoms with Gasteiger partial charge in [-0.1, -0.05) is 13.3 Å². The highest BCUT2D eigenvalue weighted by molar-refractivity contribution is 4.34. The summed E-state index contributed by atoms with van der Waals surface area (Å²) >= 11 is 0. The highest BCUT2D eigenvalue weighted by Gasteiger charge is 1.78. The molecule has 0 bridgehead atoms. The van der Waals surface area contributed by atoms with Crippen molar-refractivity contribution >= 4 is 0 Å². The van der Waals surface area contributed by atoms with Crippen LogP contribution in [0.4, 0.5) is 0 Å². The van der Waals surface area contributed by atoms with Gasteiger partial charge in [0.25, 0.3) is 0 Å². The highest BCUT2D eigenvalue weighted by Crippen LogP contribution is 1.80. The van der Waals surface area contributed by atoms with E-state index >= 15 is 0 Å². The van der Waals surface area contributed by atoms with Crippen LogP contribution >= 0.6 is 0 Å². The van der Waals surface area contributed by atoms with Crippen molar-refractivity contribution in [1.82, 2.24) is 10.9 Å². The minimum atomic E-state index is 0.951. The smallest absolute Gasteiger partial charge is 0.0304 e. The van der Waals surface area contributed by atoms with Gasteiger partial charge in [-0.15, -0.1) is 0 Å². The molecule has 7 heavy (non-hydrogen) atoms. The maximum atomic E-state index is 3.91. The van der Waals surface area contributed by atoms with Gasteiger partial charge in [-0.25, -0.2) is 5.43 Å². The van der Waals surface area contributed by atoms with Crippen molar-refractivity contribution in [3.63, 3.8) is 0 Å². The maximum absolute atomic E-state index is 3.91. The van der Waals surface area contributed by atoms with Crippen LogP contribution in [0.1, 0.15) is 19.8 Å². The summed E-state index contributed by atoms with van der Waals surface area (Å²) in [7, 11) is 1.83. The van der Waals surface area contributed by atoms with Gasteiger partial charge in [-0.05, 0) is 6.42 Å². The monoisotopic (exact) mass is 101 g/mol. The van der Waals surface area contributed by atoms with Gasteiger partial charge in [0.05, 0.1) is 0 Å². The third-order valence-corrected chi connectivity index (χ3v) is 0.782. The van der Waals surface area contributed by atoms with E-state index in [0.29, 0.717) is 0 Å². The van der Waals surface area contributed by atoms with Gasteiger partial charge in [0.15, 0.2) is 0 Å². The third-order valence-electron chi connectivity index (χ3n) is 0.782. The van der Waals surface area contributed by atoms with Crippen molar-refractivity contribution < 1.29 is 0 Å². The van der Waals surface area contributed by atoms with Crippen molar-refractivity contribution in [3.05, 3.63) is 0 Å². The Morgan fingerprint density at radius 3 is 2.71 bits per heavy atom. The molecule has 0 fully saturated rings. The zero-order chi connectivity index (χ0) is 5.54. The topological polar surface area (TPSA) is 26.1 Å². The van der Waals surface area contributed by atoms with Gasteiger partial charge in [-0.2, -0.15) is 5.43 Å². The molecule has 0 saturated carbocycles. The van der Waals surface area contributed by atoms with Gasteiger partial charge in [0.1, 0.15) is 0 Å². The molecule has 2 nitrogen and oxygen atoms in total. The van der Waals surface area contributed by atoms with Crippen LogP contribution in [0.5, 0.6) is 0 Å². The van der Waals surface area contributed by atoms with E-state index in [1.54, 1.807) is 0 Å². The van der Waals surface area contributed by atoms with Crippen molar-refractivity contribution in [2.45, 2.75) is 19.8 Å². The van der Waals surface area contributed by atoms with Crippen LogP contribution in [0.25, 0.3) is 0 Å². The molecule has 0 rings (SSSR count). The van der Waals surface area contributed by atoms with E-state index < -0.39 is 0 Å². The molecule has 0 saturated heterocycles. The Kier molecular flexibility index (Phi) is 5.85. The predicted octanol–water partition coefficient (Wildman–Crippen LogP) is 0.525. The molecular weight excluding hydrogens is 88.1 g/mol. The van der Waals surface area contributed by atoms with E-state index in [1.165, 1.54) is 12.8 Å². The molecule has 0 aliphatic rings. The van der Waals surface area contributed by atoms with Gasteiger partial charge in [0, 0.05) is 13.6 Å². The summed E-state index contributed by atoms with van der Waals surface area (Å²) < 4.78 is 0. The zero-order valence-corrected chi connectivity index (χ0v) is 5.07. The van der Waals surface area contributed by atoms with Crippen molar-refractivity contribution in [2.24, 2.45) is 0 Å². The van der Waals surface area contributed by atoms with E-state index in [0.717, 1.165) is 6.54 Å². The first-order chi connectivity index (χ1) is 3.41. The van der Waals surface area contributed by atoms with Crippen molar-refractivity contribution in [1.29, 1.82) is 0 Å². The summed E-state index contributed by atoms with van der Waals surface area (Å²) in [4.78, 5) is 0. The highest BCUT2D eigenvalue weighted by atomic mass is 15.3. The Hall–Kier alpha value is -0.0800. The second kappa shape index (κ2) is 5.92. The van der Waals surface area contributed by atoms with Crippen LogP contribution in [0, 0.1) is 0 Å². The summed E-state index contributed by atoms with van der Waals surface area (Å²) in [6, 6.07) is 0. The summed E-state index contributed by atoms with van der Waals surface area (Å²) in [6.07, 6.45) is 2.42. The molecule has 0 aromatic carbocycles. The van der Waals surface area contributed by atoms with E-state index in [9.17, 15) is 0 Å². The standard InChI is InChI=1S/C5H13N2/c1-3-4-5-7-6-2/h6H,3-5H2,1-2H3. The Balaban J connectivity index is 2.45. The van der Waals surface area contributed by atoms with Gasteiger partial charge in [-0.3, -0.25) is 0 Å². The van der Waals surface area contributed by atoms with Gasteiger partial charge in [0.2, 0.25) is 0 Å². The minimum Gasteiger partial charge on any atom is -0.243 e. The normalized spacial score (nSPS) is 9.43. The van der Waals surface area contributed by atoms with E-state index in [4.69, 9.17) is 0 Å². The molecule has 0 aliphatic heterocycles. The van der Waals surface area contributed by atoms with E-state index in [1.807, 2.05) is 7.05 Å². The number of hydrogen-bond donors (Lipinski definition) is 1. The Morgan fingerprint density at radius 2 is 2.29 bits per heavy atom. The molecular formula is C5H13N2. The average Bonchev–Trinajstić information content (AvgIpc) is 1.69. The molecule has 0 spiro atoms. The fourth-order valence-corrected chi connectivity index (χ4v) is 0.349. The predicted molar refractivity (Wildman–Crippen MR) is 31.0 cm³/mol. The molecule has 2 heteroatoms. The zero-order valence-electron chi connectivity index (χ0n) is 5.07. The quantitative estimate of drug-likeness (QED) is 0.405. The summed E-state index contributed by atoms with van der Waals surface area (Å²) in [6.45, 7) is 3.11. The molecule has 43 valence electrons. The lowest BCUT2D eigenvalue weighted by Crippen LogP contribution is -2.19. The molecule has 0 unspecified atom stereocenters. The number of nitrogens with zero attached hydrogens (tertiary/aromatic N) is 1. The largest absolute Gasteiger partial charge is 0.243 e. The molecule has 0 aliphatic carbocycles. The van der Waals surface area contributed by atoms with Crippen LogP contribution in [-0.2, 0) is 0 Å². The first-order valence-corrected chi connectivity index (χ1v) is 2.75. The van der Waals surface area contributed by atoms with Crippen LogP contribution in [-0.4, -0.2) is 13.6 Å². The Bertz CT molecular complexity index is 25.3. The SMILES string of the molecule is CCCC[N]NC. The first-order valence-electron chi connectivity index (χ1n) is 2.75. The second-order valence-corrected chi connectivity index (χ2v) is 1.46. The fourth-order valence-electron chi connectivity index (χ4n) is 0.349. The van der Waals surface area contributed by atoms with Crippen molar-refractivity contribution in [2.75, 3.05) is 13.6 Å². The average molecular weight is 101 g/mol. The number of unbranched alkanes of at least 4 members (excludes halogenated alkanes) is 1. The van der Waals surface area contributed by atoms with Gasteiger partial charge >= 0.3 is 0 Å². The van der Waals surface area contributed by atoms with Crippen LogP contribution in [0.15, 0.2) is 0 Å². The molecule has 0 amide bonds. The first kappa shape index (κ1) is 6.92. The Morgan fingerprint density at radius 1 is 1.57 bits per heavy atom. The Labute approximate surface area is 45.3 Å². The van der Waals surface area contributed by atoms with Crippen LogP contribution < -0.4 is 10.9 Å².